The molecule has 0 bridgehead atoms. The Balaban J connectivity index is 1.80. The van der Waals surface area contributed by atoms with Gasteiger partial charge in [-0.2, -0.15) is 5.10 Å². The van der Waals surface area contributed by atoms with E-state index in [9.17, 15) is 22.4 Å². The molecule has 0 aliphatic carbocycles. The maximum absolute atomic E-state index is 13.4. The van der Waals surface area contributed by atoms with Crippen molar-refractivity contribution in [1.29, 1.82) is 0 Å². The summed E-state index contributed by atoms with van der Waals surface area (Å²) in [6, 6.07) is 13.0. The van der Waals surface area contributed by atoms with Gasteiger partial charge in [0.1, 0.15) is 18.1 Å². The summed E-state index contributed by atoms with van der Waals surface area (Å²) in [6.07, 6.45) is 0. The lowest BCUT2D eigenvalue weighted by Gasteiger charge is -2.09. The van der Waals surface area contributed by atoms with Crippen LogP contribution in [-0.2, 0) is 21.2 Å². The predicted octanol–water partition coefficient (Wildman–Crippen LogP) is 2.25. The van der Waals surface area contributed by atoms with Crippen LogP contribution in [0.1, 0.15) is 6.92 Å². The first-order valence-corrected chi connectivity index (χ1v) is 10.4. The van der Waals surface area contributed by atoms with E-state index in [2.05, 4.69) is 10.4 Å². The molecule has 2 aromatic carbocycles. The lowest BCUT2D eigenvalue weighted by atomic mass is 10.3. The molecular formula is C20H18FN3O5S. The van der Waals surface area contributed by atoms with Gasteiger partial charge in [0.25, 0.3) is 5.56 Å². The summed E-state index contributed by atoms with van der Waals surface area (Å²) < 4.78 is 44.8. The number of rotatable bonds is 7. The number of nitrogens with one attached hydrogen (secondary N) is 1. The van der Waals surface area contributed by atoms with Gasteiger partial charge in [-0.1, -0.05) is 6.07 Å². The van der Waals surface area contributed by atoms with E-state index in [1.807, 2.05) is 6.92 Å². The Labute approximate surface area is 171 Å². The van der Waals surface area contributed by atoms with Crippen LogP contribution in [0.2, 0.25) is 0 Å². The second-order valence-electron chi connectivity index (χ2n) is 6.13. The van der Waals surface area contributed by atoms with Crippen molar-refractivity contribution < 1.29 is 22.3 Å². The summed E-state index contributed by atoms with van der Waals surface area (Å²) in [6.45, 7) is 1.86. The average Bonchev–Trinajstić information content (AvgIpc) is 2.71. The third-order valence-electron chi connectivity index (χ3n) is 3.97. The first kappa shape index (κ1) is 21.2. The molecule has 0 fully saturated rings. The third kappa shape index (κ3) is 4.90. The monoisotopic (exact) mass is 431 g/mol. The fourth-order valence-electron chi connectivity index (χ4n) is 2.58. The van der Waals surface area contributed by atoms with Crippen molar-refractivity contribution in [2.45, 2.75) is 23.4 Å². The number of hydrogen-bond acceptors (Lipinski definition) is 6. The van der Waals surface area contributed by atoms with Crippen LogP contribution in [0.15, 0.2) is 75.4 Å². The fourth-order valence-corrected chi connectivity index (χ4v) is 3.80. The van der Waals surface area contributed by atoms with E-state index < -0.39 is 38.7 Å². The van der Waals surface area contributed by atoms with Crippen LogP contribution >= 0.6 is 0 Å². The minimum atomic E-state index is -4.16. The van der Waals surface area contributed by atoms with E-state index in [0.29, 0.717) is 18.0 Å². The Kier molecular flexibility index (Phi) is 6.26. The molecular weight excluding hydrogens is 413 g/mol. The Morgan fingerprint density at radius 3 is 2.53 bits per heavy atom. The number of nitrogens with zero attached hydrogens (tertiary/aromatic N) is 2. The smallest absolute Gasteiger partial charge is 0.267 e. The van der Waals surface area contributed by atoms with Crippen LogP contribution in [0.3, 0.4) is 0 Å². The minimum Gasteiger partial charge on any atom is -0.494 e. The van der Waals surface area contributed by atoms with Gasteiger partial charge >= 0.3 is 0 Å². The summed E-state index contributed by atoms with van der Waals surface area (Å²) in [7, 11) is -4.16. The highest BCUT2D eigenvalue weighted by Gasteiger charge is 2.21. The van der Waals surface area contributed by atoms with E-state index in [1.165, 1.54) is 12.1 Å². The van der Waals surface area contributed by atoms with E-state index in [4.69, 9.17) is 4.74 Å². The summed E-state index contributed by atoms with van der Waals surface area (Å²) in [5, 5.41) is 5.90. The molecule has 0 aliphatic rings. The summed E-state index contributed by atoms with van der Waals surface area (Å²) >= 11 is 0. The van der Waals surface area contributed by atoms with Crippen LogP contribution < -0.4 is 15.6 Å². The van der Waals surface area contributed by atoms with E-state index in [1.54, 1.807) is 24.3 Å². The van der Waals surface area contributed by atoms with Gasteiger partial charge < -0.3 is 10.1 Å². The van der Waals surface area contributed by atoms with Gasteiger partial charge in [-0.3, -0.25) is 9.59 Å². The molecule has 0 saturated heterocycles. The van der Waals surface area contributed by atoms with Crippen molar-refractivity contribution in [1.82, 2.24) is 9.78 Å². The first-order valence-electron chi connectivity index (χ1n) is 8.91. The number of carbonyl (C=O) groups is 1. The number of anilines is 1. The maximum Gasteiger partial charge on any atom is 0.267 e. The Morgan fingerprint density at radius 1 is 1.13 bits per heavy atom. The number of carbonyl (C=O) groups excluding carboxylic acids is 1. The fraction of sp³-hybridized carbons (Fsp3) is 0.150. The molecule has 0 atom stereocenters. The number of amides is 1. The Morgan fingerprint density at radius 2 is 1.87 bits per heavy atom. The van der Waals surface area contributed by atoms with Crippen LogP contribution in [0.4, 0.5) is 10.1 Å². The molecule has 0 aliphatic heterocycles. The zero-order valence-electron chi connectivity index (χ0n) is 15.9. The molecule has 10 heteroatoms. The van der Waals surface area contributed by atoms with Gasteiger partial charge in [0.15, 0.2) is 5.03 Å². The molecule has 1 amide bonds. The van der Waals surface area contributed by atoms with Gasteiger partial charge in [-0.15, -0.1) is 0 Å². The molecule has 1 heterocycles. The molecule has 3 rings (SSSR count). The van der Waals surface area contributed by atoms with Gasteiger partial charge in [-0.25, -0.2) is 17.5 Å². The molecule has 0 unspecified atom stereocenters. The Bertz CT molecular complexity index is 1220. The average molecular weight is 431 g/mol. The third-order valence-corrected chi connectivity index (χ3v) is 5.61. The topological polar surface area (TPSA) is 107 Å². The number of sulfone groups is 1. The lowest BCUT2D eigenvalue weighted by Crippen LogP contribution is -2.30. The Hall–Kier alpha value is -3.53. The molecule has 0 saturated carbocycles. The highest BCUT2D eigenvalue weighted by atomic mass is 32.2. The normalized spacial score (nSPS) is 11.1. The molecule has 30 heavy (non-hydrogen) atoms. The van der Waals surface area contributed by atoms with Crippen molar-refractivity contribution in [3.05, 3.63) is 76.8 Å². The van der Waals surface area contributed by atoms with Gasteiger partial charge in [0.05, 0.1) is 11.5 Å². The zero-order valence-corrected chi connectivity index (χ0v) is 16.7. The second kappa shape index (κ2) is 8.87. The van der Waals surface area contributed by atoms with Gasteiger partial charge in [-0.05, 0) is 55.5 Å². The van der Waals surface area contributed by atoms with Crippen molar-refractivity contribution in [2.75, 3.05) is 11.9 Å². The maximum atomic E-state index is 13.4. The lowest BCUT2D eigenvalue weighted by molar-refractivity contribution is -0.117. The molecule has 8 nitrogen and oxygen atoms in total. The summed E-state index contributed by atoms with van der Waals surface area (Å²) in [4.78, 5) is 24.0. The van der Waals surface area contributed by atoms with Crippen molar-refractivity contribution in [2.24, 2.45) is 0 Å². The van der Waals surface area contributed by atoms with E-state index >= 15 is 0 Å². The molecule has 0 radical (unpaired) electrons. The van der Waals surface area contributed by atoms with E-state index in [-0.39, 0.29) is 4.90 Å². The number of aromatic nitrogens is 2. The van der Waals surface area contributed by atoms with Crippen molar-refractivity contribution >= 4 is 21.4 Å². The van der Waals surface area contributed by atoms with Gasteiger partial charge in [0, 0.05) is 11.8 Å². The number of halogens is 1. The molecule has 1 N–H and O–H groups in total. The number of ether oxygens (including phenoxy) is 1. The van der Waals surface area contributed by atoms with Crippen LogP contribution in [0.25, 0.3) is 0 Å². The highest BCUT2D eigenvalue weighted by Crippen LogP contribution is 2.19. The minimum absolute atomic E-state index is 0.306. The first-order chi connectivity index (χ1) is 14.3. The molecule has 0 spiro atoms. The second-order valence-corrected chi connectivity index (χ2v) is 8.03. The summed E-state index contributed by atoms with van der Waals surface area (Å²) in [5.41, 5.74) is -0.185. The predicted molar refractivity (Wildman–Crippen MR) is 107 cm³/mol. The summed E-state index contributed by atoms with van der Waals surface area (Å²) in [5.74, 6) is -0.656. The zero-order chi connectivity index (χ0) is 21.7. The standard InChI is InChI=1S/C20H18FN3O5S/c1-2-29-16-8-6-15(7-9-16)22-18(25)13-24-20(26)11-10-19(23-24)30(27,28)17-5-3-4-14(21)12-17/h3-12H,2,13H2,1H3,(H,22,25). The van der Waals surface area contributed by atoms with Crippen LogP contribution in [0, 0.1) is 5.82 Å². The van der Waals surface area contributed by atoms with Crippen LogP contribution in [-0.4, -0.2) is 30.7 Å². The molecule has 1 aromatic heterocycles. The quantitative estimate of drug-likeness (QED) is 0.615. The van der Waals surface area contributed by atoms with E-state index in [0.717, 1.165) is 28.9 Å². The highest BCUT2D eigenvalue weighted by molar-refractivity contribution is 7.91. The van der Waals surface area contributed by atoms with Crippen molar-refractivity contribution in [3.63, 3.8) is 0 Å². The molecule has 156 valence electrons. The molecule has 3 aromatic rings. The van der Waals surface area contributed by atoms with Gasteiger partial charge in [0.2, 0.25) is 15.7 Å². The number of benzene rings is 2. The number of hydrogen-bond donors (Lipinski definition) is 1. The largest absolute Gasteiger partial charge is 0.494 e. The van der Waals surface area contributed by atoms with Crippen LogP contribution in [0.5, 0.6) is 5.75 Å². The van der Waals surface area contributed by atoms with Crippen molar-refractivity contribution in [3.8, 4) is 5.75 Å². The SMILES string of the molecule is CCOc1ccc(NC(=O)Cn2nc(S(=O)(=O)c3cccc(F)c3)ccc2=O)cc1.